The minimum Gasteiger partial charge on any atom is 0 e. The Balaban J connectivity index is -0.000000000577. The Morgan fingerprint density at radius 3 is 0.714 bits per heavy atom. The van der Waals surface area contributed by atoms with Gasteiger partial charge in [0.25, 0.3) is 0 Å². The van der Waals surface area contributed by atoms with E-state index in [9.17, 15) is 0 Å². The van der Waals surface area contributed by atoms with Crippen molar-refractivity contribution in [3.05, 3.63) is 0 Å². The molecule has 0 heterocycles. The molecule has 1 atom stereocenters. The molecular formula is C2H12NOP3V8W6. The molecule has 0 aromatic heterocycles. The molecule has 0 fully saturated rings. The largest absolute Gasteiger partial charge is 0 e. The Hall–Kier alpha value is 9.63. The zero-order chi connectivity index (χ0) is 6.71. The summed E-state index contributed by atoms with van der Waals surface area (Å²) in [4.78, 5) is 0. The maximum absolute atomic E-state index is 6.50. The van der Waals surface area contributed by atoms with E-state index in [-0.39, 0.29) is 266 Å². The van der Waals surface area contributed by atoms with Gasteiger partial charge in [-0.25, -0.2) is 5.90 Å². The maximum atomic E-state index is 6.50. The first kappa shape index (κ1) is 145. The monoisotopic (exact) mass is 1670 g/mol. The van der Waals surface area contributed by atoms with E-state index >= 15 is 0 Å². The Labute approximate surface area is 315 Å². The molecule has 0 aliphatic carbocycles. The van der Waals surface area contributed by atoms with Crippen molar-refractivity contribution in [1.29, 1.82) is 0 Å². The van der Waals surface area contributed by atoms with Crippen LogP contribution in [-0.2, 0) is 273 Å². The fraction of sp³-hybridized carbons (Fsp3) is 0.500. The van der Waals surface area contributed by atoms with E-state index < -0.39 is 0 Å². The standard InChI is InChI=1S/C2H5P.H3NO.H3P.HP.8V.6W/c1-3-2;1-2;;;;;;;;;;;;;;;;/h1H2,2H3;2H,1H2;1H3;1H;;;;;;;;;;;;;;. The van der Waals surface area contributed by atoms with Crippen LogP contribution in [0.15, 0.2) is 0 Å². The second-order valence-electron chi connectivity index (χ2n) is 0.316. The van der Waals surface area contributed by atoms with Gasteiger partial charge in [-0.1, -0.05) is 6.30 Å². The number of rotatable bonds is 0. The normalized spacial score (nSPS) is 1.43. The molecule has 0 bridgehead atoms. The summed E-state index contributed by atoms with van der Waals surface area (Å²) in [6, 6.07) is 0. The van der Waals surface area contributed by atoms with Crippen molar-refractivity contribution in [3.8, 4) is 0 Å². The molecule has 0 spiro atoms. The summed E-state index contributed by atoms with van der Waals surface area (Å²) in [6.45, 7) is 1.99. The van der Waals surface area contributed by atoms with Gasteiger partial charge in [-0.05, 0) is 6.66 Å². The molecule has 19 heteroatoms. The summed E-state index contributed by atoms with van der Waals surface area (Å²) in [5.41, 5.74) is 0. The fourth-order valence-electron chi connectivity index (χ4n) is 0. The molecule has 2 nitrogen and oxygen atoms in total. The van der Waals surface area contributed by atoms with Crippen LogP contribution in [0, 0.1) is 0 Å². The smallest absolute Gasteiger partial charge is 0 e. The first-order valence-corrected chi connectivity index (χ1v) is 5.31. The van der Waals surface area contributed by atoms with Crippen molar-refractivity contribution in [2.75, 3.05) is 6.66 Å². The molecule has 3 N–H and O–H groups in total. The molecule has 0 amide bonds. The van der Waals surface area contributed by atoms with Crippen LogP contribution in [0.4, 0.5) is 0 Å². The van der Waals surface area contributed by atoms with E-state index in [1.54, 1.807) is 0 Å². The molecule has 0 aliphatic rings. The molecule has 0 saturated carbocycles. The Bertz CT molecular complexity index is 60.0. The summed E-state index contributed by atoms with van der Waals surface area (Å²) in [7, 11) is 4.08. The van der Waals surface area contributed by atoms with Gasteiger partial charge in [0.15, 0.2) is 0 Å². The van der Waals surface area contributed by atoms with Gasteiger partial charge in [0, 0.05) is 256 Å². The first-order valence-electron chi connectivity index (χ1n) is 1.25. The zero-order valence-electron chi connectivity index (χ0n) is 10.4. The molecule has 122 valence electrons. The van der Waals surface area contributed by atoms with E-state index in [0.29, 0.717) is 0 Å². The van der Waals surface area contributed by atoms with Gasteiger partial charge in [-0.2, -0.15) is 9.90 Å². The van der Waals surface area contributed by atoms with Crippen LogP contribution in [0.5, 0.6) is 0 Å². The molecule has 0 saturated heterocycles. The quantitative estimate of drug-likeness (QED) is 0.281. The predicted octanol–water partition coefficient (Wildman–Crippen LogP) is 0.945. The predicted molar refractivity (Wildman–Crippen MR) is 45.4 cm³/mol. The van der Waals surface area contributed by atoms with Gasteiger partial charge in [0.1, 0.15) is 0 Å². The molecule has 1 unspecified atom stereocenters. The second-order valence-corrected chi connectivity index (χ2v) is 0.949. The van der Waals surface area contributed by atoms with Gasteiger partial charge >= 0.3 is 23.7 Å². The maximum Gasteiger partial charge on any atom is 0 e. The minimum absolute atomic E-state index is 0. The van der Waals surface area contributed by atoms with Crippen LogP contribution >= 0.6 is 25.4 Å². The summed E-state index contributed by atoms with van der Waals surface area (Å²) < 4.78 is 0. The van der Waals surface area contributed by atoms with Crippen molar-refractivity contribution >= 4 is 31.7 Å². The van der Waals surface area contributed by atoms with Crippen molar-refractivity contribution in [2.24, 2.45) is 5.90 Å². The van der Waals surface area contributed by atoms with Crippen LogP contribution in [0.2, 0.25) is 0 Å². The molecular weight excluding hydrogens is 1660 g/mol. The van der Waals surface area contributed by atoms with Gasteiger partial charge in [-0.15, -0.1) is 8.20 Å². The van der Waals surface area contributed by atoms with Gasteiger partial charge in [0.2, 0.25) is 0 Å². The number of hydrogen-bond acceptors (Lipinski definition) is 2. The van der Waals surface area contributed by atoms with Gasteiger partial charge in [0.05, 0.1) is 0 Å². The van der Waals surface area contributed by atoms with Crippen molar-refractivity contribution in [2.45, 2.75) is 0 Å². The van der Waals surface area contributed by atoms with Crippen molar-refractivity contribution in [1.82, 2.24) is 0 Å². The van der Waals surface area contributed by atoms with E-state index in [4.69, 9.17) is 5.21 Å². The fourth-order valence-corrected chi connectivity index (χ4v) is 0. The third kappa shape index (κ3) is 244. The number of hydrogen-bond donors (Lipinski definition) is 2. The van der Waals surface area contributed by atoms with Gasteiger partial charge in [-0.3, -0.25) is 0 Å². The molecule has 21 heavy (non-hydrogen) atoms. The summed E-state index contributed by atoms with van der Waals surface area (Å²) in [5, 5.41) is 6.50. The van der Waals surface area contributed by atoms with E-state index in [2.05, 4.69) is 35.9 Å². The van der Waals surface area contributed by atoms with E-state index in [1.165, 1.54) is 8.20 Å². The average Bonchev–Trinajstić information content (AvgIpc) is 1.78. The van der Waals surface area contributed by atoms with Crippen molar-refractivity contribution < 1.29 is 278 Å². The molecule has 0 aliphatic heterocycles. The Kier molecular flexibility index (Phi) is 1480. The minimum atomic E-state index is 0. The van der Waals surface area contributed by atoms with Crippen LogP contribution in [0.1, 0.15) is 0 Å². The summed E-state index contributed by atoms with van der Waals surface area (Å²) in [6.07, 6.45) is 3.46. The van der Waals surface area contributed by atoms with Gasteiger partial charge < -0.3 is 5.21 Å². The number of nitrogens with two attached hydrogens (primary N) is 1. The van der Waals surface area contributed by atoms with Crippen LogP contribution in [0.25, 0.3) is 0 Å². The second kappa shape index (κ2) is 215. The summed E-state index contributed by atoms with van der Waals surface area (Å²) in [5.74, 6) is 3.50. The van der Waals surface area contributed by atoms with Crippen LogP contribution in [-0.4, -0.2) is 18.2 Å². The molecule has 0 rings (SSSR count). The molecule has 0 aromatic carbocycles. The molecule has 0 aromatic rings. The topological polar surface area (TPSA) is 46.2 Å². The van der Waals surface area contributed by atoms with Crippen molar-refractivity contribution in [3.63, 3.8) is 0 Å². The first-order chi connectivity index (χ1) is 3.41. The summed E-state index contributed by atoms with van der Waals surface area (Å²) >= 11 is 2.12. The average molecular weight is 1670 g/mol. The third-order valence-electron chi connectivity index (χ3n) is 0. The van der Waals surface area contributed by atoms with Crippen LogP contribution < -0.4 is 5.90 Å². The van der Waals surface area contributed by atoms with E-state index in [1.807, 2.05) is 6.66 Å². The van der Waals surface area contributed by atoms with E-state index in [0.717, 1.165) is 0 Å². The zero-order valence-corrected chi connectivity index (χ0v) is 42.5. The molecule has 7 radical (unpaired) electrons. The SMILES string of the molecule is C=PC.NO.P.[PH]=[V].[V].[V].[V].[V].[V].[V].[V].[W].[W].[W].[W].[W].[W]. The third-order valence-corrected chi connectivity index (χ3v) is 0. The van der Waals surface area contributed by atoms with Crippen LogP contribution in [0.3, 0.4) is 0 Å². The Morgan fingerprint density at radius 1 is 0.714 bits per heavy atom. The Morgan fingerprint density at radius 2 is 0.714 bits per heavy atom.